The van der Waals surface area contributed by atoms with Gasteiger partial charge in [0, 0.05) is 6.07 Å². The van der Waals surface area contributed by atoms with Crippen LogP contribution in [0.5, 0.6) is 11.5 Å². The molecule has 0 aliphatic carbocycles. The molecule has 0 spiro atoms. The Morgan fingerprint density at radius 2 is 1.56 bits per heavy atom. The maximum atomic E-state index is 12.7. The Bertz CT molecular complexity index is 962. The lowest BCUT2D eigenvalue weighted by atomic mass is 10.3. The zero-order valence-electron chi connectivity index (χ0n) is 12.6. The van der Waals surface area contributed by atoms with Gasteiger partial charge in [0.1, 0.15) is 17.2 Å². The lowest BCUT2D eigenvalue weighted by Gasteiger charge is -2.11. The first kappa shape index (κ1) is 17.0. The van der Waals surface area contributed by atoms with Crippen molar-refractivity contribution in [3.8, 4) is 17.2 Å². The normalized spacial score (nSPS) is 11.3. The van der Waals surface area contributed by atoms with Gasteiger partial charge >= 0.3 is 6.18 Å². The summed E-state index contributed by atoms with van der Waals surface area (Å²) in [7, 11) is 0. The van der Waals surface area contributed by atoms with Crippen molar-refractivity contribution in [2.75, 3.05) is 0 Å². The van der Waals surface area contributed by atoms with Crippen LogP contribution in [0.15, 0.2) is 65.5 Å². The first-order valence-electron chi connectivity index (χ1n) is 7.11. The molecule has 3 rings (SSSR count). The number of halogens is 3. The lowest BCUT2D eigenvalue weighted by molar-refractivity contribution is -0.141. The second-order valence-electron chi connectivity index (χ2n) is 5.07. The van der Waals surface area contributed by atoms with E-state index in [1.807, 2.05) is 23.2 Å². The number of nitrogens with one attached hydrogen (secondary N) is 1. The van der Waals surface area contributed by atoms with Crippen LogP contribution in [0.25, 0.3) is 5.69 Å². The van der Waals surface area contributed by atoms with E-state index >= 15 is 0 Å². The van der Waals surface area contributed by atoms with Crippen molar-refractivity contribution in [3.05, 3.63) is 81.5 Å². The van der Waals surface area contributed by atoms with Gasteiger partial charge in [0.05, 0.1) is 5.69 Å². The Labute approximate surface area is 145 Å². The molecular formula is C17H11F3N2O2S. The van der Waals surface area contributed by atoms with Gasteiger partial charge in [0.15, 0.2) is 4.77 Å². The van der Waals surface area contributed by atoms with E-state index < -0.39 is 17.4 Å². The van der Waals surface area contributed by atoms with E-state index in [1.165, 1.54) is 12.1 Å². The minimum Gasteiger partial charge on any atom is -0.457 e. The number of alkyl halides is 3. The molecule has 0 fully saturated rings. The van der Waals surface area contributed by atoms with Crippen LogP contribution >= 0.6 is 12.2 Å². The molecule has 25 heavy (non-hydrogen) atoms. The lowest BCUT2D eigenvalue weighted by Crippen LogP contribution is -2.23. The fourth-order valence-corrected chi connectivity index (χ4v) is 2.49. The summed E-state index contributed by atoms with van der Waals surface area (Å²) in [5.41, 5.74) is -1.71. The van der Waals surface area contributed by atoms with Crippen LogP contribution in [0.3, 0.4) is 0 Å². The van der Waals surface area contributed by atoms with Crippen molar-refractivity contribution in [2.24, 2.45) is 0 Å². The first-order chi connectivity index (χ1) is 11.8. The fourth-order valence-electron chi connectivity index (χ4n) is 2.18. The fraction of sp³-hybridized carbons (Fsp3) is 0.0588. The molecule has 3 aromatic rings. The van der Waals surface area contributed by atoms with E-state index in [0.29, 0.717) is 23.3 Å². The number of aromatic nitrogens is 2. The molecule has 0 aliphatic rings. The Hall–Kier alpha value is -2.87. The molecule has 1 aromatic heterocycles. The molecule has 1 N–H and O–H groups in total. The van der Waals surface area contributed by atoms with Crippen LogP contribution in [-0.2, 0) is 6.18 Å². The summed E-state index contributed by atoms with van der Waals surface area (Å²) in [5.74, 6) is 1.16. The monoisotopic (exact) mass is 364 g/mol. The highest BCUT2D eigenvalue weighted by molar-refractivity contribution is 7.71. The van der Waals surface area contributed by atoms with Gasteiger partial charge in [-0.2, -0.15) is 13.2 Å². The highest BCUT2D eigenvalue weighted by atomic mass is 32.1. The van der Waals surface area contributed by atoms with E-state index in [4.69, 9.17) is 17.0 Å². The molecule has 0 unspecified atom stereocenters. The average molecular weight is 364 g/mol. The molecule has 0 amide bonds. The van der Waals surface area contributed by atoms with E-state index in [9.17, 15) is 18.0 Å². The summed E-state index contributed by atoms with van der Waals surface area (Å²) < 4.78 is 44.4. The van der Waals surface area contributed by atoms with Gasteiger partial charge in [0.25, 0.3) is 5.56 Å². The standard InChI is InChI=1S/C17H11F3N2O2S/c18-17(19,20)14-10-15(23)22(16(25)21-14)11-6-8-13(9-7-11)24-12-4-2-1-3-5-12/h1-10H,(H,21,25). The van der Waals surface area contributed by atoms with Gasteiger partial charge in [-0.1, -0.05) is 18.2 Å². The minimum atomic E-state index is -4.67. The molecule has 2 aromatic carbocycles. The van der Waals surface area contributed by atoms with Gasteiger partial charge in [-0.25, -0.2) is 0 Å². The van der Waals surface area contributed by atoms with Crippen molar-refractivity contribution in [3.63, 3.8) is 0 Å². The summed E-state index contributed by atoms with van der Waals surface area (Å²) >= 11 is 4.89. The van der Waals surface area contributed by atoms with Crippen LogP contribution in [0.1, 0.15) is 5.69 Å². The molecule has 4 nitrogen and oxygen atoms in total. The Balaban J connectivity index is 1.93. The van der Waals surface area contributed by atoms with Crippen molar-refractivity contribution in [2.45, 2.75) is 6.18 Å². The Morgan fingerprint density at radius 1 is 0.960 bits per heavy atom. The molecule has 1 heterocycles. The molecular weight excluding hydrogens is 353 g/mol. The number of hydrogen-bond donors (Lipinski definition) is 1. The largest absolute Gasteiger partial charge is 0.457 e. The second kappa shape index (κ2) is 6.56. The molecule has 8 heteroatoms. The summed E-state index contributed by atoms with van der Waals surface area (Å²) in [4.78, 5) is 14.1. The van der Waals surface area contributed by atoms with Crippen LogP contribution in [0.2, 0.25) is 0 Å². The average Bonchev–Trinajstić information content (AvgIpc) is 2.56. The number of rotatable bonds is 3. The second-order valence-corrected chi connectivity index (χ2v) is 5.46. The van der Waals surface area contributed by atoms with Crippen LogP contribution in [0.4, 0.5) is 13.2 Å². The van der Waals surface area contributed by atoms with Crippen molar-refractivity contribution in [1.82, 2.24) is 9.55 Å². The zero-order chi connectivity index (χ0) is 18.0. The quantitative estimate of drug-likeness (QED) is 0.685. The molecule has 0 aliphatic heterocycles. The number of para-hydroxylation sites is 1. The summed E-state index contributed by atoms with van der Waals surface area (Å²) in [5, 5.41) is 0. The molecule has 0 saturated heterocycles. The highest BCUT2D eigenvalue weighted by Crippen LogP contribution is 2.27. The minimum absolute atomic E-state index is 0.334. The molecule has 0 atom stereocenters. The third kappa shape index (κ3) is 3.80. The summed E-state index contributed by atoms with van der Waals surface area (Å²) in [6.45, 7) is 0. The first-order valence-corrected chi connectivity index (χ1v) is 7.52. The number of H-pyrrole nitrogens is 1. The highest BCUT2D eigenvalue weighted by Gasteiger charge is 2.32. The van der Waals surface area contributed by atoms with Gasteiger partial charge < -0.3 is 9.72 Å². The summed E-state index contributed by atoms with van der Waals surface area (Å²) in [6.07, 6.45) is -4.67. The third-order valence-electron chi connectivity index (χ3n) is 3.31. The van der Waals surface area contributed by atoms with Crippen molar-refractivity contribution < 1.29 is 17.9 Å². The van der Waals surface area contributed by atoms with Crippen LogP contribution < -0.4 is 10.3 Å². The Kier molecular flexibility index (Phi) is 4.45. The van der Waals surface area contributed by atoms with E-state index in [2.05, 4.69) is 0 Å². The molecule has 0 radical (unpaired) electrons. The zero-order valence-corrected chi connectivity index (χ0v) is 13.4. The summed E-state index contributed by atoms with van der Waals surface area (Å²) in [6, 6.07) is 15.8. The topological polar surface area (TPSA) is 47.0 Å². The van der Waals surface area contributed by atoms with Gasteiger partial charge in [-0.3, -0.25) is 9.36 Å². The SMILES string of the molecule is O=c1cc(C(F)(F)F)[nH]c(=S)n1-c1ccc(Oc2ccccc2)cc1. The maximum Gasteiger partial charge on any atom is 0.431 e. The third-order valence-corrected chi connectivity index (χ3v) is 3.60. The van der Waals surface area contributed by atoms with Crippen LogP contribution in [-0.4, -0.2) is 9.55 Å². The number of aromatic amines is 1. The number of ether oxygens (including phenoxy) is 1. The maximum absolute atomic E-state index is 12.7. The number of hydrogen-bond acceptors (Lipinski definition) is 3. The predicted octanol–water partition coefficient (Wildman–Crippen LogP) is 4.71. The van der Waals surface area contributed by atoms with Crippen molar-refractivity contribution in [1.29, 1.82) is 0 Å². The smallest absolute Gasteiger partial charge is 0.431 e. The number of nitrogens with zero attached hydrogens (tertiary/aromatic N) is 1. The van der Waals surface area contributed by atoms with Crippen molar-refractivity contribution >= 4 is 12.2 Å². The molecule has 0 bridgehead atoms. The van der Waals surface area contributed by atoms with Gasteiger partial charge in [0.2, 0.25) is 0 Å². The van der Waals surface area contributed by atoms with E-state index in [1.54, 1.807) is 24.3 Å². The number of benzene rings is 2. The predicted molar refractivity (Wildman–Crippen MR) is 88.7 cm³/mol. The molecule has 0 saturated carbocycles. The van der Waals surface area contributed by atoms with E-state index in [-0.39, 0.29) is 4.77 Å². The Morgan fingerprint density at radius 3 is 2.12 bits per heavy atom. The van der Waals surface area contributed by atoms with Crippen LogP contribution in [0, 0.1) is 4.77 Å². The van der Waals surface area contributed by atoms with Gasteiger partial charge in [-0.15, -0.1) is 0 Å². The molecule has 128 valence electrons. The van der Waals surface area contributed by atoms with E-state index in [0.717, 1.165) is 4.57 Å². The van der Waals surface area contributed by atoms with Gasteiger partial charge in [-0.05, 0) is 48.6 Å².